The van der Waals surface area contributed by atoms with E-state index in [0.717, 1.165) is 74.7 Å². The van der Waals surface area contributed by atoms with Crippen LogP contribution in [0.25, 0.3) is 11.3 Å². The molecule has 2 saturated heterocycles. The molecule has 0 bridgehead atoms. The predicted octanol–water partition coefficient (Wildman–Crippen LogP) is 6.23. The number of hydrogen-bond donors (Lipinski definition) is 0. The van der Waals surface area contributed by atoms with E-state index in [1.54, 1.807) is 12.3 Å². The molecule has 6 rings (SSSR count). The lowest BCUT2D eigenvalue weighted by Gasteiger charge is -2.33. The van der Waals surface area contributed by atoms with Crippen molar-refractivity contribution < 1.29 is 4.74 Å². The van der Waals surface area contributed by atoms with Gasteiger partial charge in [-0.1, -0.05) is 23.2 Å². The van der Waals surface area contributed by atoms with Gasteiger partial charge in [-0.2, -0.15) is 0 Å². The molecule has 194 valence electrons. The normalized spacial score (nSPS) is 22.4. The first kappa shape index (κ1) is 24.9. The average Bonchev–Trinajstić information content (AvgIpc) is 3.66. The number of nitrogens with zero attached hydrogens (tertiary/aromatic N) is 5. The Labute approximate surface area is 229 Å². The summed E-state index contributed by atoms with van der Waals surface area (Å²) in [6, 6.07) is 13.7. The zero-order valence-electron chi connectivity index (χ0n) is 21.2. The molecule has 1 saturated carbocycles. The molecule has 4 heterocycles. The van der Waals surface area contributed by atoms with Gasteiger partial charge in [0.1, 0.15) is 11.6 Å². The van der Waals surface area contributed by atoms with Gasteiger partial charge in [-0.05, 0) is 93.2 Å². The molecule has 3 aliphatic rings. The molecular weight excluding hydrogens is 505 g/mol. The van der Waals surface area contributed by atoms with Gasteiger partial charge < -0.3 is 14.5 Å². The molecule has 1 aromatic carbocycles. The average molecular weight is 539 g/mol. The summed E-state index contributed by atoms with van der Waals surface area (Å²) in [7, 11) is 2.16. The summed E-state index contributed by atoms with van der Waals surface area (Å²) in [5.74, 6) is 4.11. The Hall–Kier alpha value is -2.38. The number of likely N-dealkylation sites (tertiary alicyclic amines) is 1. The lowest BCUT2D eigenvalue weighted by molar-refractivity contribution is 0.266. The number of likely N-dealkylation sites (N-methyl/N-ethyl adjacent to an activating group) is 1. The van der Waals surface area contributed by atoms with Crippen molar-refractivity contribution in [1.82, 2.24) is 19.8 Å². The molecule has 2 aromatic heterocycles. The Morgan fingerprint density at radius 1 is 0.892 bits per heavy atom. The summed E-state index contributed by atoms with van der Waals surface area (Å²) in [4.78, 5) is 16.7. The highest BCUT2D eigenvalue weighted by Gasteiger charge is 2.38. The number of rotatable bonds is 6. The molecule has 0 amide bonds. The molecule has 6 nitrogen and oxygen atoms in total. The Balaban J connectivity index is 1.24. The van der Waals surface area contributed by atoms with Gasteiger partial charge in [0.05, 0.1) is 11.9 Å². The number of benzene rings is 1. The standard InChI is InChI=1S/C29H33Cl2N5O/c1-34-8-10-36(11-9-34)28-3-2-26(18-32-28)37-29-13-20(19-35-6-4-21-14-22(21)5-7-35)12-27(33-29)23-15-24(30)17-25(31)16-23/h2-3,12-13,15-18,21-22H,4-11,14,19H2,1H3/t21-,22+. The van der Waals surface area contributed by atoms with E-state index in [2.05, 4.69) is 38.9 Å². The smallest absolute Gasteiger partial charge is 0.220 e. The topological polar surface area (TPSA) is 44.7 Å². The van der Waals surface area contributed by atoms with Crippen LogP contribution in [0.15, 0.2) is 48.7 Å². The van der Waals surface area contributed by atoms with Crippen LogP contribution in [-0.2, 0) is 6.54 Å². The number of halogens is 2. The van der Waals surface area contributed by atoms with Crippen LogP contribution in [-0.4, -0.2) is 66.1 Å². The highest BCUT2D eigenvalue weighted by molar-refractivity contribution is 6.35. The van der Waals surface area contributed by atoms with E-state index in [1.165, 1.54) is 24.8 Å². The quantitative estimate of drug-likeness (QED) is 0.371. The highest BCUT2D eigenvalue weighted by atomic mass is 35.5. The first-order valence-corrected chi connectivity index (χ1v) is 14.0. The molecule has 2 aliphatic heterocycles. The molecular formula is C29H33Cl2N5O. The number of anilines is 1. The number of fused-ring (bicyclic) bond motifs is 1. The first-order valence-electron chi connectivity index (χ1n) is 13.3. The molecule has 0 spiro atoms. The first-order chi connectivity index (χ1) is 18.0. The van der Waals surface area contributed by atoms with Crippen LogP contribution in [0.2, 0.25) is 10.0 Å². The Morgan fingerprint density at radius 3 is 2.30 bits per heavy atom. The summed E-state index contributed by atoms with van der Waals surface area (Å²) in [6.07, 6.45) is 5.84. The van der Waals surface area contributed by atoms with Crippen LogP contribution in [0.1, 0.15) is 24.8 Å². The second-order valence-electron chi connectivity index (χ2n) is 10.7. The van der Waals surface area contributed by atoms with Crippen molar-refractivity contribution in [3.05, 3.63) is 64.3 Å². The fourth-order valence-electron chi connectivity index (χ4n) is 5.57. The molecule has 2 atom stereocenters. The lowest BCUT2D eigenvalue weighted by Crippen LogP contribution is -2.44. The highest BCUT2D eigenvalue weighted by Crippen LogP contribution is 2.45. The molecule has 0 radical (unpaired) electrons. The maximum atomic E-state index is 6.32. The monoisotopic (exact) mass is 537 g/mol. The van der Waals surface area contributed by atoms with Gasteiger partial charge in [-0.15, -0.1) is 0 Å². The predicted molar refractivity (Wildman–Crippen MR) is 150 cm³/mol. The molecule has 8 heteroatoms. The van der Waals surface area contributed by atoms with E-state index in [4.69, 9.17) is 32.9 Å². The number of pyridine rings is 2. The molecule has 0 unspecified atom stereocenters. The molecule has 37 heavy (non-hydrogen) atoms. The summed E-state index contributed by atoms with van der Waals surface area (Å²) in [5, 5.41) is 1.18. The van der Waals surface area contributed by atoms with Crippen LogP contribution < -0.4 is 9.64 Å². The fraction of sp³-hybridized carbons (Fsp3) is 0.448. The van der Waals surface area contributed by atoms with Crippen LogP contribution in [0.3, 0.4) is 0 Å². The van der Waals surface area contributed by atoms with Gasteiger partial charge >= 0.3 is 0 Å². The minimum Gasteiger partial charge on any atom is -0.437 e. The zero-order valence-corrected chi connectivity index (χ0v) is 22.8. The van der Waals surface area contributed by atoms with Gasteiger partial charge in [0.2, 0.25) is 5.88 Å². The summed E-state index contributed by atoms with van der Waals surface area (Å²) < 4.78 is 6.25. The Morgan fingerprint density at radius 2 is 1.62 bits per heavy atom. The van der Waals surface area contributed by atoms with E-state index in [1.807, 2.05) is 24.3 Å². The Bertz CT molecular complexity index is 1210. The van der Waals surface area contributed by atoms with Gasteiger partial charge in [0, 0.05) is 54.4 Å². The fourth-order valence-corrected chi connectivity index (χ4v) is 6.10. The largest absolute Gasteiger partial charge is 0.437 e. The minimum atomic E-state index is 0.551. The molecule has 1 aliphatic carbocycles. The van der Waals surface area contributed by atoms with Crippen LogP contribution in [0, 0.1) is 11.8 Å². The van der Waals surface area contributed by atoms with Gasteiger partial charge in [0.25, 0.3) is 0 Å². The van der Waals surface area contributed by atoms with Crippen molar-refractivity contribution in [2.45, 2.75) is 25.8 Å². The zero-order chi connectivity index (χ0) is 25.4. The SMILES string of the molecule is CN1CCN(c2ccc(Oc3cc(CN4CC[C@@H]5C[C@@H]5CC4)cc(-c4cc(Cl)cc(Cl)c4)n3)cn2)CC1. The van der Waals surface area contributed by atoms with Gasteiger partial charge in [-0.3, -0.25) is 4.90 Å². The van der Waals surface area contributed by atoms with Crippen molar-refractivity contribution in [2.24, 2.45) is 11.8 Å². The molecule has 3 aromatic rings. The molecule has 3 fully saturated rings. The maximum Gasteiger partial charge on any atom is 0.220 e. The summed E-state index contributed by atoms with van der Waals surface area (Å²) >= 11 is 12.6. The number of hydrogen-bond acceptors (Lipinski definition) is 6. The number of ether oxygens (including phenoxy) is 1. The summed E-state index contributed by atoms with van der Waals surface area (Å²) in [6.45, 7) is 7.23. The third-order valence-electron chi connectivity index (χ3n) is 7.90. The minimum absolute atomic E-state index is 0.551. The third kappa shape index (κ3) is 6.20. The van der Waals surface area contributed by atoms with Gasteiger partial charge in [-0.25, -0.2) is 9.97 Å². The second kappa shape index (κ2) is 10.8. The van der Waals surface area contributed by atoms with E-state index < -0.39 is 0 Å². The van der Waals surface area contributed by atoms with E-state index in [0.29, 0.717) is 21.7 Å². The lowest BCUT2D eigenvalue weighted by atomic mass is 10.1. The Kier molecular flexibility index (Phi) is 7.26. The van der Waals surface area contributed by atoms with Crippen molar-refractivity contribution in [2.75, 3.05) is 51.2 Å². The van der Waals surface area contributed by atoms with Crippen molar-refractivity contribution in [3.8, 4) is 22.9 Å². The number of piperazine rings is 1. The third-order valence-corrected chi connectivity index (χ3v) is 8.33. The number of aromatic nitrogens is 2. The maximum absolute atomic E-state index is 6.32. The summed E-state index contributed by atoms with van der Waals surface area (Å²) in [5.41, 5.74) is 2.86. The van der Waals surface area contributed by atoms with Crippen molar-refractivity contribution in [3.63, 3.8) is 0 Å². The van der Waals surface area contributed by atoms with Crippen molar-refractivity contribution >= 4 is 29.0 Å². The van der Waals surface area contributed by atoms with E-state index in [9.17, 15) is 0 Å². The van der Waals surface area contributed by atoms with Crippen LogP contribution in [0.5, 0.6) is 11.6 Å². The molecule has 0 N–H and O–H groups in total. The van der Waals surface area contributed by atoms with Crippen molar-refractivity contribution in [1.29, 1.82) is 0 Å². The van der Waals surface area contributed by atoms with Crippen LogP contribution in [0.4, 0.5) is 5.82 Å². The van der Waals surface area contributed by atoms with Crippen LogP contribution >= 0.6 is 23.2 Å². The van der Waals surface area contributed by atoms with E-state index in [-0.39, 0.29) is 0 Å². The van der Waals surface area contributed by atoms with Gasteiger partial charge in [0.15, 0.2) is 0 Å². The second-order valence-corrected chi connectivity index (χ2v) is 11.6. The van der Waals surface area contributed by atoms with E-state index >= 15 is 0 Å².